The molecular formula is C32H44N6O3. The smallest absolute Gasteiger partial charge is 0.321 e. The highest BCUT2D eigenvalue weighted by Gasteiger charge is 2.43. The van der Waals surface area contributed by atoms with Gasteiger partial charge in [-0.1, -0.05) is 55.7 Å². The van der Waals surface area contributed by atoms with Gasteiger partial charge in [0.1, 0.15) is 6.04 Å². The van der Waals surface area contributed by atoms with Crippen LogP contribution in [0.4, 0.5) is 0 Å². The second kappa shape index (κ2) is 12.5. The van der Waals surface area contributed by atoms with Crippen LogP contribution in [0.1, 0.15) is 75.0 Å². The highest BCUT2D eigenvalue weighted by Crippen LogP contribution is 2.39. The molecule has 3 fully saturated rings. The van der Waals surface area contributed by atoms with Gasteiger partial charge in [0.05, 0.1) is 5.60 Å². The summed E-state index contributed by atoms with van der Waals surface area (Å²) in [5.74, 6) is 0.320. The third-order valence-electron chi connectivity index (χ3n) is 10.1. The number of aromatic nitrogens is 4. The van der Waals surface area contributed by atoms with Crippen molar-refractivity contribution in [1.82, 2.24) is 29.8 Å². The summed E-state index contributed by atoms with van der Waals surface area (Å²) in [5, 5.41) is 33.6. The van der Waals surface area contributed by atoms with Gasteiger partial charge in [-0.2, -0.15) is 4.52 Å². The fraction of sp³-hybridized carbons (Fsp3) is 0.625. The van der Waals surface area contributed by atoms with Gasteiger partial charge in [-0.25, -0.2) is 0 Å². The summed E-state index contributed by atoms with van der Waals surface area (Å²) in [4.78, 5) is 17.3. The predicted molar refractivity (Wildman–Crippen MR) is 157 cm³/mol. The molecule has 2 aromatic heterocycles. The van der Waals surface area contributed by atoms with Gasteiger partial charge in [-0.05, 0) is 84.9 Å². The van der Waals surface area contributed by atoms with Crippen LogP contribution in [0.3, 0.4) is 0 Å². The van der Waals surface area contributed by atoms with E-state index in [1.54, 1.807) is 4.52 Å². The summed E-state index contributed by atoms with van der Waals surface area (Å²) in [6.07, 6.45) is 9.63. The first kappa shape index (κ1) is 28.2. The number of pyridine rings is 1. The van der Waals surface area contributed by atoms with Gasteiger partial charge in [0, 0.05) is 44.3 Å². The molecule has 1 saturated carbocycles. The van der Waals surface area contributed by atoms with Crippen molar-refractivity contribution in [3.05, 3.63) is 59.8 Å². The number of benzene rings is 1. The number of hydrogen-bond acceptors (Lipinski definition) is 7. The number of carboxylic acid groups (broad SMARTS) is 1. The summed E-state index contributed by atoms with van der Waals surface area (Å²) in [6.45, 7) is 4.35. The number of aliphatic carboxylic acids is 1. The maximum atomic E-state index is 12.5. The number of likely N-dealkylation sites (tertiary alicyclic amines) is 2. The second-order valence-electron chi connectivity index (χ2n) is 12.8. The first-order valence-electron chi connectivity index (χ1n) is 15.6. The summed E-state index contributed by atoms with van der Waals surface area (Å²) in [6, 6.07) is 16.2. The topological polar surface area (TPSA) is 107 Å². The molecule has 1 aliphatic carbocycles. The Labute approximate surface area is 242 Å². The molecule has 3 aliphatic rings. The van der Waals surface area contributed by atoms with Crippen LogP contribution in [-0.4, -0.2) is 90.4 Å². The average Bonchev–Trinajstić information content (AvgIpc) is 3.63. The molecule has 9 heteroatoms. The van der Waals surface area contributed by atoms with E-state index >= 15 is 0 Å². The van der Waals surface area contributed by atoms with Gasteiger partial charge >= 0.3 is 5.97 Å². The Morgan fingerprint density at radius 1 is 1.00 bits per heavy atom. The zero-order chi connectivity index (χ0) is 28.2. The molecule has 2 saturated heterocycles. The number of hydrogen-bond donors (Lipinski definition) is 2. The second-order valence-corrected chi connectivity index (χ2v) is 12.8. The first-order valence-corrected chi connectivity index (χ1v) is 15.6. The monoisotopic (exact) mass is 560 g/mol. The lowest BCUT2D eigenvalue weighted by molar-refractivity contribution is -0.145. The number of nitrogens with zero attached hydrogens (tertiary/aromatic N) is 6. The third-order valence-corrected chi connectivity index (χ3v) is 10.1. The highest BCUT2D eigenvalue weighted by molar-refractivity contribution is 5.74. The highest BCUT2D eigenvalue weighted by atomic mass is 16.4. The first-order chi connectivity index (χ1) is 20.0. The van der Waals surface area contributed by atoms with Crippen LogP contribution < -0.4 is 0 Å². The van der Waals surface area contributed by atoms with Crippen molar-refractivity contribution in [2.75, 3.05) is 32.7 Å². The molecule has 0 spiro atoms. The van der Waals surface area contributed by atoms with E-state index < -0.39 is 11.6 Å². The predicted octanol–water partition coefficient (Wildman–Crippen LogP) is 4.02. The lowest BCUT2D eigenvalue weighted by atomic mass is 9.83. The van der Waals surface area contributed by atoms with Crippen molar-refractivity contribution < 1.29 is 15.0 Å². The molecule has 1 aromatic carbocycles. The van der Waals surface area contributed by atoms with E-state index in [1.807, 2.05) is 18.2 Å². The Morgan fingerprint density at radius 2 is 1.78 bits per heavy atom. The molecule has 6 rings (SSSR count). The van der Waals surface area contributed by atoms with Crippen LogP contribution in [0.25, 0.3) is 5.65 Å². The number of aryl methyl sites for hydroxylation is 1. The van der Waals surface area contributed by atoms with Gasteiger partial charge in [0.15, 0.2) is 5.65 Å². The Morgan fingerprint density at radius 3 is 2.54 bits per heavy atom. The number of piperidine rings is 1. The molecule has 0 bridgehead atoms. The van der Waals surface area contributed by atoms with Crippen molar-refractivity contribution in [3.8, 4) is 0 Å². The summed E-state index contributed by atoms with van der Waals surface area (Å²) in [7, 11) is 0. The van der Waals surface area contributed by atoms with Gasteiger partial charge < -0.3 is 15.1 Å². The number of rotatable bonds is 10. The molecule has 41 heavy (non-hydrogen) atoms. The molecule has 2 N–H and O–H groups in total. The third kappa shape index (κ3) is 6.47. The minimum absolute atomic E-state index is 0.259. The molecule has 3 atom stereocenters. The minimum Gasteiger partial charge on any atom is -0.480 e. The number of fused-ring (bicyclic) bond motifs is 1. The zero-order valence-corrected chi connectivity index (χ0v) is 24.0. The SMILES string of the molecule is O=C(O)C(C1CCCCC1)N1C[C@H](CN2CCC(O)(CCCc3cccc4nnnn34)CC2)[C@@H](c2ccccc2)C1. The van der Waals surface area contributed by atoms with Crippen molar-refractivity contribution in [2.45, 2.75) is 81.8 Å². The largest absolute Gasteiger partial charge is 0.480 e. The van der Waals surface area contributed by atoms with E-state index in [1.165, 1.54) is 12.0 Å². The normalized spacial score (nSPS) is 25.0. The van der Waals surface area contributed by atoms with Gasteiger partial charge in [0.2, 0.25) is 0 Å². The van der Waals surface area contributed by atoms with Crippen LogP contribution in [0.5, 0.6) is 0 Å². The summed E-state index contributed by atoms with van der Waals surface area (Å²) in [5.41, 5.74) is 2.50. The van der Waals surface area contributed by atoms with Crippen molar-refractivity contribution >= 4 is 11.6 Å². The molecule has 0 radical (unpaired) electrons. The van der Waals surface area contributed by atoms with E-state index in [0.717, 1.165) is 102 Å². The van der Waals surface area contributed by atoms with E-state index in [4.69, 9.17) is 0 Å². The van der Waals surface area contributed by atoms with Crippen LogP contribution in [0.2, 0.25) is 0 Å². The van der Waals surface area contributed by atoms with Gasteiger partial charge in [0.25, 0.3) is 0 Å². The average molecular weight is 561 g/mol. The lowest BCUT2D eigenvalue weighted by Crippen LogP contribution is -2.47. The summed E-state index contributed by atoms with van der Waals surface area (Å²) < 4.78 is 1.78. The Hall–Kier alpha value is -2.88. The Balaban J connectivity index is 1.07. The van der Waals surface area contributed by atoms with Crippen LogP contribution in [0.15, 0.2) is 48.5 Å². The number of aliphatic hydroxyl groups is 1. The summed E-state index contributed by atoms with van der Waals surface area (Å²) >= 11 is 0. The van der Waals surface area contributed by atoms with Crippen molar-refractivity contribution in [1.29, 1.82) is 0 Å². The maximum absolute atomic E-state index is 12.5. The number of carbonyl (C=O) groups is 1. The molecule has 2 aliphatic heterocycles. The van der Waals surface area contributed by atoms with E-state index in [0.29, 0.717) is 11.8 Å². The Kier molecular flexibility index (Phi) is 8.65. The van der Waals surface area contributed by atoms with Gasteiger partial charge in [-0.3, -0.25) is 9.69 Å². The van der Waals surface area contributed by atoms with E-state index in [2.05, 4.69) is 55.7 Å². The van der Waals surface area contributed by atoms with Crippen molar-refractivity contribution in [2.24, 2.45) is 11.8 Å². The fourth-order valence-corrected chi connectivity index (χ4v) is 7.84. The number of tetrazole rings is 1. The number of carboxylic acids is 1. The molecule has 0 amide bonds. The fourth-order valence-electron chi connectivity index (χ4n) is 7.84. The minimum atomic E-state index is -0.649. The van der Waals surface area contributed by atoms with Crippen LogP contribution >= 0.6 is 0 Å². The molecule has 1 unspecified atom stereocenters. The van der Waals surface area contributed by atoms with Crippen LogP contribution in [0, 0.1) is 11.8 Å². The molecular weight excluding hydrogens is 516 g/mol. The van der Waals surface area contributed by atoms with Gasteiger partial charge in [-0.15, -0.1) is 5.10 Å². The lowest BCUT2D eigenvalue weighted by Gasteiger charge is -2.40. The molecule has 220 valence electrons. The Bertz CT molecular complexity index is 1280. The van der Waals surface area contributed by atoms with E-state index in [-0.39, 0.29) is 12.0 Å². The maximum Gasteiger partial charge on any atom is 0.321 e. The standard InChI is InChI=1S/C32H44N6O3/c39-31(40)30(25-11-5-2-6-12-25)37-22-26(28(23-37)24-9-3-1-4-10-24)21-36-19-17-32(41,18-20-36)16-8-14-27-13-7-15-29-33-34-35-38(27)29/h1,3-4,7,9-10,13,15,25-26,28,30,41H,2,5-6,8,11-12,14,16-23H2,(H,39,40)/t26-,28+,30?/m0/s1. The van der Waals surface area contributed by atoms with E-state index in [9.17, 15) is 15.0 Å². The molecule has 4 heterocycles. The molecule has 3 aromatic rings. The zero-order valence-electron chi connectivity index (χ0n) is 24.0. The quantitative estimate of drug-likeness (QED) is 0.383. The molecule has 9 nitrogen and oxygen atoms in total. The van der Waals surface area contributed by atoms with Crippen molar-refractivity contribution in [3.63, 3.8) is 0 Å². The van der Waals surface area contributed by atoms with Crippen LogP contribution in [-0.2, 0) is 11.2 Å².